The largest absolute Gasteiger partial charge is 0.357 e. The van der Waals surface area contributed by atoms with Crippen LogP contribution in [0.2, 0.25) is 0 Å². The Bertz CT molecular complexity index is 783. The second kappa shape index (κ2) is 11.0. The summed E-state index contributed by atoms with van der Waals surface area (Å²) in [6.07, 6.45) is 4.12. The number of rotatable bonds is 7. The Kier molecular flexibility index (Phi) is 8.63. The number of aliphatic imine (C=N–C) groups is 1. The van der Waals surface area contributed by atoms with E-state index in [-0.39, 0.29) is 24.0 Å². The van der Waals surface area contributed by atoms with Crippen LogP contribution in [-0.2, 0) is 13.1 Å². The Morgan fingerprint density at radius 1 is 1.12 bits per heavy atom. The molecule has 0 saturated heterocycles. The van der Waals surface area contributed by atoms with Gasteiger partial charge in [-0.2, -0.15) is 0 Å². The molecular formula is C19H24IN5S. The van der Waals surface area contributed by atoms with Gasteiger partial charge < -0.3 is 15.2 Å². The third-order valence-electron chi connectivity index (χ3n) is 3.64. The van der Waals surface area contributed by atoms with Gasteiger partial charge in [-0.15, -0.1) is 35.3 Å². The van der Waals surface area contributed by atoms with Crippen molar-refractivity contribution in [3.8, 4) is 10.6 Å². The highest BCUT2D eigenvalue weighted by atomic mass is 127. The average molecular weight is 481 g/mol. The van der Waals surface area contributed by atoms with Gasteiger partial charge >= 0.3 is 0 Å². The van der Waals surface area contributed by atoms with Gasteiger partial charge in [0.1, 0.15) is 5.01 Å². The normalized spacial score (nSPS) is 11.0. The van der Waals surface area contributed by atoms with E-state index in [9.17, 15) is 0 Å². The average Bonchev–Trinajstić information content (AvgIpc) is 3.32. The van der Waals surface area contributed by atoms with Crippen LogP contribution < -0.4 is 10.6 Å². The van der Waals surface area contributed by atoms with Gasteiger partial charge in [-0.3, -0.25) is 0 Å². The smallest absolute Gasteiger partial charge is 0.191 e. The minimum Gasteiger partial charge on any atom is -0.357 e. The highest BCUT2D eigenvalue weighted by Crippen LogP contribution is 2.23. The molecule has 0 aliphatic carbocycles. The molecule has 0 saturated carbocycles. The predicted octanol–water partition coefficient (Wildman–Crippen LogP) is 3.98. The van der Waals surface area contributed by atoms with Gasteiger partial charge in [0.15, 0.2) is 5.96 Å². The van der Waals surface area contributed by atoms with Gasteiger partial charge in [0, 0.05) is 43.0 Å². The summed E-state index contributed by atoms with van der Waals surface area (Å²) >= 11 is 1.66. The summed E-state index contributed by atoms with van der Waals surface area (Å²) in [5.41, 5.74) is 2.14. The molecule has 5 nitrogen and oxygen atoms in total. The molecule has 0 unspecified atom stereocenters. The van der Waals surface area contributed by atoms with E-state index in [4.69, 9.17) is 0 Å². The molecule has 3 aromatic rings. The number of benzene rings is 1. The first kappa shape index (κ1) is 20.4. The fourth-order valence-corrected chi connectivity index (χ4v) is 3.23. The first-order valence-corrected chi connectivity index (χ1v) is 9.36. The lowest BCUT2D eigenvalue weighted by Crippen LogP contribution is -2.38. The Labute approximate surface area is 175 Å². The number of halogens is 1. The fourth-order valence-electron chi connectivity index (χ4n) is 2.42. The number of aromatic nitrogens is 2. The van der Waals surface area contributed by atoms with Crippen LogP contribution in [0.5, 0.6) is 0 Å². The highest BCUT2D eigenvalue weighted by molar-refractivity contribution is 14.0. The Hall–Kier alpha value is -1.87. The summed E-state index contributed by atoms with van der Waals surface area (Å²) in [7, 11) is 0. The van der Waals surface area contributed by atoms with Crippen molar-refractivity contribution in [1.82, 2.24) is 20.2 Å². The topological polar surface area (TPSA) is 54.2 Å². The van der Waals surface area contributed by atoms with Crippen molar-refractivity contribution in [3.05, 3.63) is 65.9 Å². The zero-order chi connectivity index (χ0) is 17.3. The Morgan fingerprint density at radius 3 is 2.62 bits per heavy atom. The van der Waals surface area contributed by atoms with E-state index in [0.717, 1.165) is 41.9 Å². The summed E-state index contributed by atoms with van der Waals surface area (Å²) in [5, 5.41) is 9.75. The monoisotopic (exact) mass is 481 g/mol. The molecule has 2 N–H and O–H groups in total. The van der Waals surface area contributed by atoms with Crippen molar-refractivity contribution >= 4 is 41.3 Å². The molecule has 0 bridgehead atoms. The van der Waals surface area contributed by atoms with E-state index in [2.05, 4.69) is 62.0 Å². The number of thiazole rings is 1. The molecule has 0 radical (unpaired) electrons. The van der Waals surface area contributed by atoms with Crippen molar-refractivity contribution < 1.29 is 0 Å². The van der Waals surface area contributed by atoms with Gasteiger partial charge in [-0.05, 0) is 19.1 Å². The molecule has 0 aliphatic heterocycles. The number of nitrogens with one attached hydrogen (secondary N) is 2. The van der Waals surface area contributed by atoms with Crippen molar-refractivity contribution in [2.45, 2.75) is 20.0 Å². The van der Waals surface area contributed by atoms with Crippen LogP contribution in [0.15, 0.2) is 65.2 Å². The second-order valence-corrected chi connectivity index (χ2v) is 6.41. The van der Waals surface area contributed by atoms with Crippen LogP contribution in [0.25, 0.3) is 10.6 Å². The summed E-state index contributed by atoms with van der Waals surface area (Å²) in [5.74, 6) is 0.823. The van der Waals surface area contributed by atoms with Crippen molar-refractivity contribution in [2.24, 2.45) is 4.99 Å². The molecule has 0 fully saturated rings. The maximum absolute atomic E-state index is 4.69. The maximum atomic E-state index is 4.69. The van der Waals surface area contributed by atoms with Crippen LogP contribution in [0.4, 0.5) is 0 Å². The van der Waals surface area contributed by atoms with E-state index in [1.54, 1.807) is 11.3 Å². The van der Waals surface area contributed by atoms with Crippen molar-refractivity contribution in [3.63, 3.8) is 0 Å². The lowest BCUT2D eigenvalue weighted by Gasteiger charge is -2.11. The van der Waals surface area contributed by atoms with Crippen LogP contribution in [-0.4, -0.2) is 28.6 Å². The zero-order valence-corrected chi connectivity index (χ0v) is 17.9. The molecule has 2 aromatic heterocycles. The van der Waals surface area contributed by atoms with E-state index in [1.807, 2.05) is 30.3 Å². The Morgan fingerprint density at radius 2 is 1.88 bits per heavy atom. The lowest BCUT2D eigenvalue weighted by atomic mass is 10.2. The van der Waals surface area contributed by atoms with Crippen molar-refractivity contribution in [1.29, 1.82) is 0 Å². The lowest BCUT2D eigenvalue weighted by molar-refractivity contribution is 0.665. The molecule has 7 heteroatoms. The fraction of sp³-hybridized carbons (Fsp3) is 0.263. The van der Waals surface area contributed by atoms with Crippen LogP contribution in [0, 0.1) is 0 Å². The van der Waals surface area contributed by atoms with Gasteiger partial charge in [-0.25, -0.2) is 9.98 Å². The molecule has 26 heavy (non-hydrogen) atoms. The zero-order valence-electron chi connectivity index (χ0n) is 14.8. The third kappa shape index (κ3) is 6.14. The molecule has 2 heterocycles. The molecule has 1 aromatic carbocycles. The van der Waals surface area contributed by atoms with Gasteiger partial charge in [0.05, 0.1) is 12.2 Å². The predicted molar refractivity (Wildman–Crippen MR) is 120 cm³/mol. The quantitative estimate of drug-likeness (QED) is 0.305. The molecular weight excluding hydrogens is 457 g/mol. The summed E-state index contributed by atoms with van der Waals surface area (Å²) in [6, 6.07) is 14.3. The standard InChI is InChI=1S/C19H23N5S.HI/c1-2-20-19(21-10-13-24-11-6-7-12-24)22-14-17-15-25-18(23-17)16-8-4-3-5-9-16;/h3-9,11-12,15H,2,10,13-14H2,1H3,(H2,20,21,22);1H. The number of guanidine groups is 1. The van der Waals surface area contributed by atoms with Crippen LogP contribution in [0.3, 0.4) is 0 Å². The third-order valence-corrected chi connectivity index (χ3v) is 4.58. The first-order valence-electron chi connectivity index (χ1n) is 8.48. The van der Waals surface area contributed by atoms with Crippen LogP contribution >= 0.6 is 35.3 Å². The minimum atomic E-state index is 0. The number of hydrogen-bond donors (Lipinski definition) is 2. The summed E-state index contributed by atoms with van der Waals surface area (Å²) in [4.78, 5) is 9.32. The van der Waals surface area contributed by atoms with E-state index >= 15 is 0 Å². The van der Waals surface area contributed by atoms with Gasteiger partial charge in [0.25, 0.3) is 0 Å². The molecule has 0 aliphatic rings. The number of nitrogens with zero attached hydrogens (tertiary/aromatic N) is 3. The SMILES string of the molecule is CCNC(=NCc1csc(-c2ccccc2)n1)NCCn1cccc1.I. The first-order chi connectivity index (χ1) is 12.3. The highest BCUT2D eigenvalue weighted by Gasteiger charge is 2.04. The van der Waals surface area contributed by atoms with Gasteiger partial charge in [0.2, 0.25) is 0 Å². The summed E-state index contributed by atoms with van der Waals surface area (Å²) in [6.45, 7) is 5.21. The summed E-state index contributed by atoms with van der Waals surface area (Å²) < 4.78 is 2.14. The number of hydrogen-bond acceptors (Lipinski definition) is 3. The molecule has 3 rings (SSSR count). The van der Waals surface area contributed by atoms with E-state index < -0.39 is 0 Å². The molecule has 0 amide bonds. The van der Waals surface area contributed by atoms with Crippen LogP contribution in [0.1, 0.15) is 12.6 Å². The van der Waals surface area contributed by atoms with E-state index in [0.29, 0.717) is 6.54 Å². The minimum absolute atomic E-state index is 0. The molecule has 0 atom stereocenters. The molecule has 138 valence electrons. The van der Waals surface area contributed by atoms with E-state index in [1.165, 1.54) is 0 Å². The molecule has 0 spiro atoms. The van der Waals surface area contributed by atoms with Gasteiger partial charge in [-0.1, -0.05) is 30.3 Å². The second-order valence-electron chi connectivity index (χ2n) is 5.55. The van der Waals surface area contributed by atoms with Crippen molar-refractivity contribution in [2.75, 3.05) is 13.1 Å². The Balaban J connectivity index is 0.00000243. The maximum Gasteiger partial charge on any atom is 0.191 e.